The minimum absolute atomic E-state index is 0.0317. The molecule has 0 aliphatic heterocycles. The molecule has 0 unspecified atom stereocenters. The topological polar surface area (TPSA) is 52.9 Å². The van der Waals surface area contributed by atoms with Gasteiger partial charge in [-0.2, -0.15) is 5.26 Å². The maximum atomic E-state index is 13.6. The zero-order valence-corrected chi connectivity index (χ0v) is 11.0. The Morgan fingerprint density at radius 1 is 1.25 bits per heavy atom. The smallest absolute Gasteiger partial charge is 0.254 e. The molecule has 0 fully saturated rings. The molecule has 0 radical (unpaired) electrons. The average Bonchev–Trinajstić information content (AvgIpc) is 2.45. The molecule has 3 nitrogen and oxygen atoms in total. The lowest BCUT2D eigenvalue weighted by Gasteiger charge is -2.07. The Morgan fingerprint density at radius 2 is 1.95 bits per heavy atom. The van der Waals surface area contributed by atoms with Crippen LogP contribution in [0.4, 0.5) is 4.39 Å². The number of nitrogens with zero attached hydrogens (tertiary/aromatic N) is 1. The van der Waals surface area contributed by atoms with Gasteiger partial charge in [-0.15, -0.1) is 0 Å². The number of amides is 1. The van der Waals surface area contributed by atoms with E-state index in [4.69, 9.17) is 5.26 Å². The Labute approximate surface area is 116 Å². The molecule has 100 valence electrons. The molecule has 2 aromatic rings. The van der Waals surface area contributed by atoms with E-state index in [1.54, 1.807) is 37.3 Å². The SMILES string of the molecule is Cc1ccc(C(=O)NCc2ccc(C#N)cc2)c(F)c1. The third-order valence-corrected chi connectivity index (χ3v) is 2.91. The fraction of sp³-hybridized carbons (Fsp3) is 0.125. The van der Waals surface area contributed by atoms with E-state index >= 15 is 0 Å². The second-order valence-corrected chi connectivity index (χ2v) is 4.47. The van der Waals surface area contributed by atoms with Crippen molar-refractivity contribution in [2.45, 2.75) is 13.5 Å². The summed E-state index contributed by atoms with van der Waals surface area (Å²) < 4.78 is 13.6. The van der Waals surface area contributed by atoms with Crippen molar-refractivity contribution >= 4 is 5.91 Å². The number of nitriles is 1. The van der Waals surface area contributed by atoms with Crippen LogP contribution in [0.2, 0.25) is 0 Å². The summed E-state index contributed by atoms with van der Waals surface area (Å²) in [5.74, 6) is -0.978. The van der Waals surface area contributed by atoms with Crippen molar-refractivity contribution in [1.82, 2.24) is 5.32 Å². The van der Waals surface area contributed by atoms with Gasteiger partial charge in [-0.05, 0) is 42.3 Å². The number of halogens is 1. The van der Waals surface area contributed by atoms with Gasteiger partial charge in [0.1, 0.15) is 5.82 Å². The van der Waals surface area contributed by atoms with Gasteiger partial charge in [0.05, 0.1) is 17.2 Å². The lowest BCUT2D eigenvalue weighted by Crippen LogP contribution is -2.23. The van der Waals surface area contributed by atoms with Crippen LogP contribution < -0.4 is 5.32 Å². The van der Waals surface area contributed by atoms with Crippen LogP contribution in [0.1, 0.15) is 27.0 Å². The Hall–Kier alpha value is -2.67. The van der Waals surface area contributed by atoms with Gasteiger partial charge >= 0.3 is 0 Å². The Kier molecular flexibility index (Phi) is 4.11. The van der Waals surface area contributed by atoms with E-state index in [9.17, 15) is 9.18 Å². The Bertz CT molecular complexity index is 672. The number of benzene rings is 2. The number of nitrogens with one attached hydrogen (secondary N) is 1. The van der Waals surface area contributed by atoms with E-state index in [0.29, 0.717) is 5.56 Å². The first-order chi connectivity index (χ1) is 9.60. The summed E-state index contributed by atoms with van der Waals surface area (Å²) in [5, 5.41) is 11.3. The normalized spacial score (nSPS) is 9.85. The number of carbonyl (C=O) groups is 1. The molecular formula is C16H13FN2O. The molecule has 1 N–H and O–H groups in total. The van der Waals surface area contributed by atoms with E-state index in [2.05, 4.69) is 5.32 Å². The molecule has 0 saturated heterocycles. The van der Waals surface area contributed by atoms with Gasteiger partial charge in [0.15, 0.2) is 0 Å². The summed E-state index contributed by atoms with van der Waals surface area (Å²) in [4.78, 5) is 11.9. The van der Waals surface area contributed by atoms with Crippen molar-refractivity contribution in [1.29, 1.82) is 5.26 Å². The fourth-order valence-corrected chi connectivity index (χ4v) is 1.78. The summed E-state index contributed by atoms with van der Waals surface area (Å²) in [5.41, 5.74) is 2.21. The van der Waals surface area contributed by atoms with Crippen molar-refractivity contribution < 1.29 is 9.18 Å². The number of carbonyl (C=O) groups excluding carboxylic acids is 1. The van der Waals surface area contributed by atoms with Crippen molar-refractivity contribution in [2.24, 2.45) is 0 Å². The van der Waals surface area contributed by atoms with Gasteiger partial charge < -0.3 is 5.32 Å². The summed E-state index contributed by atoms with van der Waals surface area (Å²) >= 11 is 0. The van der Waals surface area contributed by atoms with Gasteiger partial charge in [-0.1, -0.05) is 18.2 Å². The minimum atomic E-state index is -0.526. The molecule has 2 rings (SSSR count). The molecular weight excluding hydrogens is 255 g/mol. The maximum absolute atomic E-state index is 13.6. The highest BCUT2D eigenvalue weighted by atomic mass is 19.1. The quantitative estimate of drug-likeness (QED) is 0.930. The Morgan fingerprint density at radius 3 is 2.55 bits per heavy atom. The summed E-state index contributed by atoms with van der Waals surface area (Å²) in [6, 6.07) is 13.4. The predicted molar refractivity (Wildman–Crippen MR) is 73.5 cm³/mol. The molecule has 20 heavy (non-hydrogen) atoms. The van der Waals surface area contributed by atoms with Crippen molar-refractivity contribution in [3.05, 3.63) is 70.5 Å². The molecule has 0 bridgehead atoms. The summed E-state index contributed by atoms with van der Waals surface area (Å²) in [7, 11) is 0. The average molecular weight is 268 g/mol. The monoisotopic (exact) mass is 268 g/mol. The molecule has 0 aromatic heterocycles. The maximum Gasteiger partial charge on any atom is 0.254 e. The van der Waals surface area contributed by atoms with Crippen molar-refractivity contribution in [2.75, 3.05) is 0 Å². The van der Waals surface area contributed by atoms with Gasteiger partial charge in [0.25, 0.3) is 5.91 Å². The zero-order valence-electron chi connectivity index (χ0n) is 11.0. The highest BCUT2D eigenvalue weighted by Crippen LogP contribution is 2.10. The number of hydrogen-bond acceptors (Lipinski definition) is 2. The number of hydrogen-bond donors (Lipinski definition) is 1. The first-order valence-corrected chi connectivity index (χ1v) is 6.13. The zero-order chi connectivity index (χ0) is 14.5. The third-order valence-electron chi connectivity index (χ3n) is 2.91. The lowest BCUT2D eigenvalue weighted by atomic mass is 10.1. The summed E-state index contributed by atoms with van der Waals surface area (Å²) in [6.45, 7) is 2.05. The van der Waals surface area contributed by atoms with Crippen LogP contribution in [0.25, 0.3) is 0 Å². The highest BCUT2D eigenvalue weighted by Gasteiger charge is 2.11. The van der Waals surface area contributed by atoms with E-state index in [1.807, 2.05) is 6.07 Å². The van der Waals surface area contributed by atoms with E-state index in [1.165, 1.54) is 12.1 Å². The van der Waals surface area contributed by atoms with E-state index in [0.717, 1.165) is 11.1 Å². The number of rotatable bonds is 3. The van der Waals surface area contributed by atoms with Crippen LogP contribution in [-0.4, -0.2) is 5.91 Å². The highest BCUT2D eigenvalue weighted by molar-refractivity contribution is 5.94. The molecule has 0 aliphatic rings. The Balaban J connectivity index is 2.03. The third kappa shape index (κ3) is 3.21. The van der Waals surface area contributed by atoms with Gasteiger partial charge in [0.2, 0.25) is 0 Å². The molecule has 0 atom stereocenters. The van der Waals surface area contributed by atoms with Crippen molar-refractivity contribution in [3.63, 3.8) is 0 Å². The van der Waals surface area contributed by atoms with Crippen LogP contribution in [0.15, 0.2) is 42.5 Å². The van der Waals surface area contributed by atoms with Crippen molar-refractivity contribution in [3.8, 4) is 6.07 Å². The van der Waals surface area contributed by atoms with E-state index < -0.39 is 11.7 Å². The van der Waals surface area contributed by atoms with E-state index in [-0.39, 0.29) is 12.1 Å². The molecule has 0 aliphatic carbocycles. The van der Waals surface area contributed by atoms with Crippen LogP contribution in [0.3, 0.4) is 0 Å². The second kappa shape index (κ2) is 5.98. The summed E-state index contributed by atoms with van der Waals surface area (Å²) in [6.07, 6.45) is 0. The molecule has 2 aromatic carbocycles. The fourth-order valence-electron chi connectivity index (χ4n) is 1.78. The first kappa shape index (κ1) is 13.8. The molecule has 4 heteroatoms. The van der Waals surface area contributed by atoms with Crippen LogP contribution in [0, 0.1) is 24.1 Å². The number of aryl methyl sites for hydroxylation is 1. The molecule has 1 amide bonds. The predicted octanol–water partition coefficient (Wildman–Crippen LogP) is 2.94. The minimum Gasteiger partial charge on any atom is -0.348 e. The van der Waals surface area contributed by atoms with Crippen LogP contribution >= 0.6 is 0 Å². The largest absolute Gasteiger partial charge is 0.348 e. The lowest BCUT2D eigenvalue weighted by molar-refractivity contribution is 0.0947. The van der Waals surface area contributed by atoms with Gasteiger partial charge in [-0.25, -0.2) is 4.39 Å². The first-order valence-electron chi connectivity index (χ1n) is 6.13. The standard InChI is InChI=1S/C16H13FN2O/c1-11-2-7-14(15(17)8-11)16(20)19-10-13-5-3-12(9-18)4-6-13/h2-8H,10H2,1H3,(H,19,20). The van der Waals surface area contributed by atoms with Crippen LogP contribution in [-0.2, 0) is 6.54 Å². The van der Waals surface area contributed by atoms with Crippen LogP contribution in [0.5, 0.6) is 0 Å². The second-order valence-electron chi connectivity index (χ2n) is 4.47. The molecule has 0 spiro atoms. The van der Waals surface area contributed by atoms with Gasteiger partial charge in [-0.3, -0.25) is 4.79 Å². The van der Waals surface area contributed by atoms with Gasteiger partial charge in [0, 0.05) is 6.54 Å². The molecule has 0 saturated carbocycles. The molecule has 0 heterocycles.